The number of nitrogens with two attached hydrogens (primary N) is 1. The van der Waals surface area contributed by atoms with Gasteiger partial charge in [-0.1, -0.05) is 6.07 Å². The maximum atomic E-state index is 12.5. The van der Waals surface area contributed by atoms with Gasteiger partial charge in [0.05, 0.1) is 24.5 Å². The van der Waals surface area contributed by atoms with E-state index in [0.29, 0.717) is 31.9 Å². The minimum atomic E-state index is -0.211. The largest absolute Gasteiger partial charge is 0.384 e. The third-order valence-corrected chi connectivity index (χ3v) is 4.41. The summed E-state index contributed by atoms with van der Waals surface area (Å²) in [5.41, 5.74) is 8.65. The van der Waals surface area contributed by atoms with E-state index in [0.717, 1.165) is 30.0 Å². The summed E-state index contributed by atoms with van der Waals surface area (Å²) < 4.78 is 7.73. The van der Waals surface area contributed by atoms with E-state index in [1.54, 1.807) is 6.07 Å². The van der Waals surface area contributed by atoms with Crippen molar-refractivity contribution in [3.05, 3.63) is 41.3 Å². The molecular formula is C18H25N5O2. The number of hydrogen-bond donors (Lipinski definition) is 1. The van der Waals surface area contributed by atoms with E-state index in [9.17, 15) is 4.79 Å². The summed E-state index contributed by atoms with van der Waals surface area (Å²) in [7, 11) is 0. The van der Waals surface area contributed by atoms with E-state index in [4.69, 9.17) is 10.5 Å². The number of hydrogen-bond acceptors (Lipinski definition) is 5. The lowest BCUT2D eigenvalue weighted by Crippen LogP contribution is -2.42. The van der Waals surface area contributed by atoms with Gasteiger partial charge in [0.2, 0.25) is 5.91 Å². The fourth-order valence-corrected chi connectivity index (χ4v) is 3.14. The van der Waals surface area contributed by atoms with Crippen molar-refractivity contribution in [3.8, 4) is 0 Å². The smallest absolute Gasteiger partial charge is 0.222 e. The van der Waals surface area contributed by atoms with E-state index >= 15 is 0 Å². The Morgan fingerprint density at radius 3 is 2.96 bits per heavy atom. The first-order valence-electron chi connectivity index (χ1n) is 8.66. The van der Waals surface area contributed by atoms with E-state index in [1.807, 2.05) is 41.6 Å². The van der Waals surface area contributed by atoms with Gasteiger partial charge in [0.1, 0.15) is 11.9 Å². The van der Waals surface area contributed by atoms with E-state index in [1.165, 1.54) is 0 Å². The van der Waals surface area contributed by atoms with Gasteiger partial charge in [-0.05, 0) is 38.5 Å². The average Bonchev–Trinajstić information content (AvgIpc) is 2.92. The topological polar surface area (TPSA) is 86.3 Å². The average molecular weight is 343 g/mol. The number of anilines is 1. The number of nitrogen functional groups attached to an aromatic ring is 1. The molecule has 7 nitrogen and oxygen atoms in total. The number of aromatic nitrogens is 3. The second-order valence-corrected chi connectivity index (χ2v) is 6.44. The summed E-state index contributed by atoms with van der Waals surface area (Å²) in [5, 5.41) is 4.43. The van der Waals surface area contributed by atoms with E-state index < -0.39 is 0 Å². The number of carbonyl (C=O) groups is 1. The molecule has 0 spiro atoms. The zero-order valence-corrected chi connectivity index (χ0v) is 14.8. The van der Waals surface area contributed by atoms with Crippen LogP contribution in [-0.2, 0) is 16.1 Å². The molecule has 2 N–H and O–H groups in total. The highest BCUT2D eigenvalue weighted by atomic mass is 16.5. The first-order chi connectivity index (χ1) is 12.0. The van der Waals surface area contributed by atoms with Gasteiger partial charge in [0, 0.05) is 25.2 Å². The van der Waals surface area contributed by atoms with Crippen molar-refractivity contribution < 1.29 is 9.53 Å². The Labute approximate surface area is 147 Å². The lowest BCUT2D eigenvalue weighted by atomic mass is 10.1. The van der Waals surface area contributed by atoms with Crippen LogP contribution in [0.25, 0.3) is 0 Å². The van der Waals surface area contributed by atoms with Gasteiger partial charge in [0.25, 0.3) is 0 Å². The molecule has 2 aromatic heterocycles. The summed E-state index contributed by atoms with van der Waals surface area (Å²) in [5.74, 6) is 0.619. The SMILES string of the molecule is Cc1cc(C)n(CCCC(=O)N2CCO[C@@H](c3cccc(N)n3)C2)n1. The molecule has 1 fully saturated rings. The van der Waals surface area contributed by atoms with Crippen LogP contribution in [0.5, 0.6) is 0 Å². The highest BCUT2D eigenvalue weighted by molar-refractivity contribution is 5.76. The zero-order valence-electron chi connectivity index (χ0n) is 14.8. The van der Waals surface area contributed by atoms with Crippen molar-refractivity contribution in [1.82, 2.24) is 19.7 Å². The van der Waals surface area contributed by atoms with Crippen LogP contribution in [0, 0.1) is 13.8 Å². The molecule has 0 aliphatic carbocycles. The zero-order chi connectivity index (χ0) is 17.8. The third-order valence-electron chi connectivity index (χ3n) is 4.41. The highest BCUT2D eigenvalue weighted by Crippen LogP contribution is 2.22. The van der Waals surface area contributed by atoms with Crippen LogP contribution in [-0.4, -0.2) is 45.3 Å². The first-order valence-corrected chi connectivity index (χ1v) is 8.66. The summed E-state index contributed by atoms with van der Waals surface area (Å²) >= 11 is 0. The molecule has 7 heteroatoms. The fraction of sp³-hybridized carbons (Fsp3) is 0.500. The molecule has 0 bridgehead atoms. The molecule has 1 aliphatic heterocycles. The Morgan fingerprint density at radius 2 is 2.24 bits per heavy atom. The standard InChI is InChI=1S/C18H25N5O2/c1-13-11-14(2)23(21-13)8-4-7-18(24)22-9-10-25-16(12-22)15-5-3-6-17(19)20-15/h3,5-6,11,16H,4,7-10,12H2,1-2H3,(H2,19,20)/t16-/m1/s1. The summed E-state index contributed by atoms with van der Waals surface area (Å²) in [4.78, 5) is 18.7. The van der Waals surface area contributed by atoms with Crippen LogP contribution >= 0.6 is 0 Å². The van der Waals surface area contributed by atoms with Gasteiger partial charge in [-0.2, -0.15) is 5.10 Å². The summed E-state index contributed by atoms with van der Waals surface area (Å²) in [6.07, 6.45) is 1.08. The van der Waals surface area contributed by atoms with Crippen LogP contribution in [0.2, 0.25) is 0 Å². The van der Waals surface area contributed by atoms with Crippen molar-refractivity contribution in [3.63, 3.8) is 0 Å². The minimum Gasteiger partial charge on any atom is -0.384 e. The molecule has 1 amide bonds. The van der Waals surface area contributed by atoms with Crippen LogP contribution in [0.4, 0.5) is 5.82 Å². The Morgan fingerprint density at radius 1 is 1.40 bits per heavy atom. The molecule has 1 saturated heterocycles. The first kappa shape index (κ1) is 17.4. The lowest BCUT2D eigenvalue weighted by molar-refractivity contribution is -0.139. The van der Waals surface area contributed by atoms with Crippen molar-refractivity contribution in [2.24, 2.45) is 0 Å². The number of morpholine rings is 1. The molecule has 2 aromatic rings. The predicted molar refractivity (Wildman–Crippen MR) is 94.9 cm³/mol. The fourth-order valence-electron chi connectivity index (χ4n) is 3.14. The molecule has 0 radical (unpaired) electrons. The Bertz CT molecular complexity index is 743. The predicted octanol–water partition coefficient (Wildman–Crippen LogP) is 1.86. The van der Waals surface area contributed by atoms with Crippen molar-refractivity contribution >= 4 is 11.7 Å². The number of nitrogens with zero attached hydrogens (tertiary/aromatic N) is 4. The van der Waals surface area contributed by atoms with Gasteiger partial charge in [-0.15, -0.1) is 0 Å². The summed E-state index contributed by atoms with van der Waals surface area (Å²) in [6, 6.07) is 7.54. The van der Waals surface area contributed by atoms with Gasteiger partial charge in [0.15, 0.2) is 0 Å². The monoisotopic (exact) mass is 343 g/mol. The molecule has 1 atom stereocenters. The molecule has 0 saturated carbocycles. The van der Waals surface area contributed by atoms with Crippen LogP contribution in [0.15, 0.2) is 24.3 Å². The Kier molecular flexibility index (Phi) is 5.33. The molecule has 1 aliphatic rings. The highest BCUT2D eigenvalue weighted by Gasteiger charge is 2.26. The van der Waals surface area contributed by atoms with Gasteiger partial charge < -0.3 is 15.4 Å². The van der Waals surface area contributed by atoms with Crippen molar-refractivity contribution in [1.29, 1.82) is 0 Å². The molecule has 0 aromatic carbocycles. The Hall–Kier alpha value is -2.41. The number of ether oxygens (including phenoxy) is 1. The maximum Gasteiger partial charge on any atom is 0.222 e. The Balaban J connectivity index is 1.52. The molecule has 0 unspecified atom stereocenters. The molecule has 3 heterocycles. The van der Waals surface area contributed by atoms with E-state index in [2.05, 4.69) is 10.1 Å². The van der Waals surface area contributed by atoms with E-state index in [-0.39, 0.29) is 12.0 Å². The second kappa shape index (κ2) is 7.65. The number of amides is 1. The summed E-state index contributed by atoms with van der Waals surface area (Å²) in [6.45, 7) is 6.44. The van der Waals surface area contributed by atoms with Crippen LogP contribution < -0.4 is 5.73 Å². The molecule has 3 rings (SSSR count). The minimum absolute atomic E-state index is 0.152. The van der Waals surface area contributed by atoms with Gasteiger partial charge >= 0.3 is 0 Å². The van der Waals surface area contributed by atoms with Crippen molar-refractivity contribution in [2.75, 3.05) is 25.4 Å². The lowest BCUT2D eigenvalue weighted by Gasteiger charge is -2.32. The number of pyridine rings is 1. The molecule has 134 valence electrons. The number of rotatable bonds is 5. The van der Waals surface area contributed by atoms with Gasteiger partial charge in [-0.3, -0.25) is 9.48 Å². The van der Waals surface area contributed by atoms with Crippen LogP contribution in [0.1, 0.15) is 36.0 Å². The quantitative estimate of drug-likeness (QED) is 0.895. The molecule has 25 heavy (non-hydrogen) atoms. The van der Waals surface area contributed by atoms with Gasteiger partial charge in [-0.25, -0.2) is 4.98 Å². The van der Waals surface area contributed by atoms with Crippen molar-refractivity contribution in [2.45, 2.75) is 39.3 Å². The third kappa shape index (κ3) is 4.36. The number of carbonyl (C=O) groups excluding carboxylic acids is 1. The number of aryl methyl sites for hydroxylation is 3. The second-order valence-electron chi connectivity index (χ2n) is 6.44. The normalized spacial score (nSPS) is 17.7. The molecular weight excluding hydrogens is 318 g/mol. The van der Waals surface area contributed by atoms with Crippen LogP contribution in [0.3, 0.4) is 0 Å². The maximum absolute atomic E-state index is 12.5.